The lowest BCUT2D eigenvalue weighted by atomic mass is 9.49. The topological polar surface area (TPSA) is 24.7 Å². The summed E-state index contributed by atoms with van der Waals surface area (Å²) < 4.78 is 0. The Morgan fingerprint density at radius 3 is 2.71 bits per heavy atom. The van der Waals surface area contributed by atoms with Crippen LogP contribution >= 0.6 is 0 Å². The van der Waals surface area contributed by atoms with Crippen molar-refractivity contribution in [2.24, 2.45) is 17.3 Å². The molecule has 98 valence electrons. The van der Waals surface area contributed by atoms with Gasteiger partial charge >= 0.3 is 0 Å². The molecule has 2 nitrogen and oxygen atoms in total. The van der Waals surface area contributed by atoms with Gasteiger partial charge in [0.15, 0.2) is 0 Å². The minimum Gasteiger partial charge on any atom is -0.391 e. The highest BCUT2D eigenvalue weighted by Gasteiger charge is 2.51. The molecule has 0 aromatic heterocycles. The van der Waals surface area contributed by atoms with Crippen LogP contribution in [0.2, 0.25) is 0 Å². The van der Waals surface area contributed by atoms with Crippen LogP contribution in [-0.2, 0) is 0 Å². The first-order valence-corrected chi connectivity index (χ1v) is 7.23. The van der Waals surface area contributed by atoms with Crippen LogP contribution in [0.25, 0.3) is 0 Å². The molecular formula is C15H28NO+. The van der Waals surface area contributed by atoms with E-state index in [9.17, 15) is 0 Å². The molecule has 3 atom stereocenters. The van der Waals surface area contributed by atoms with Gasteiger partial charge in [-0.2, -0.15) is 0 Å². The standard InChI is InChI=1S/C15H27NO/c1-4-7-16(8-9-17)11-12-5-6-13-10-14(12)15(13,2)3/h5,13-14,17H,4,6-11H2,1-3H3/p+1/t13-,14-/m0/s1. The molecule has 2 bridgehead atoms. The number of rotatable bonds is 6. The van der Waals surface area contributed by atoms with E-state index in [-0.39, 0.29) is 0 Å². The Morgan fingerprint density at radius 2 is 2.18 bits per heavy atom. The van der Waals surface area contributed by atoms with E-state index in [1.165, 1.54) is 25.8 Å². The molecule has 0 spiro atoms. The highest BCUT2D eigenvalue weighted by molar-refractivity contribution is 5.23. The Balaban J connectivity index is 1.96. The van der Waals surface area contributed by atoms with E-state index in [0.717, 1.165) is 24.9 Å². The van der Waals surface area contributed by atoms with Crippen LogP contribution in [-0.4, -0.2) is 31.3 Å². The number of nitrogens with one attached hydrogen (secondary N) is 1. The first-order chi connectivity index (χ1) is 8.09. The third-order valence-corrected chi connectivity index (χ3v) is 5.11. The van der Waals surface area contributed by atoms with E-state index in [2.05, 4.69) is 26.8 Å². The summed E-state index contributed by atoms with van der Waals surface area (Å²) in [5, 5.41) is 9.13. The number of aliphatic hydroxyl groups excluding tert-OH is 1. The van der Waals surface area contributed by atoms with Crippen LogP contribution in [0, 0.1) is 17.3 Å². The average molecular weight is 238 g/mol. The van der Waals surface area contributed by atoms with Gasteiger partial charge < -0.3 is 10.0 Å². The van der Waals surface area contributed by atoms with Gasteiger partial charge in [-0.05, 0) is 42.1 Å². The monoisotopic (exact) mass is 238 g/mol. The molecule has 0 aromatic rings. The predicted octanol–water partition coefficient (Wildman–Crippen LogP) is 1.27. The van der Waals surface area contributed by atoms with Gasteiger partial charge in [0.25, 0.3) is 0 Å². The van der Waals surface area contributed by atoms with Gasteiger partial charge in [-0.3, -0.25) is 0 Å². The molecule has 3 rings (SSSR count). The number of hydrogen-bond donors (Lipinski definition) is 2. The quantitative estimate of drug-likeness (QED) is 0.669. The van der Waals surface area contributed by atoms with Crippen molar-refractivity contribution in [1.29, 1.82) is 0 Å². The predicted molar refractivity (Wildman–Crippen MR) is 71.0 cm³/mol. The van der Waals surface area contributed by atoms with Gasteiger partial charge in [0.05, 0.1) is 19.7 Å². The first kappa shape index (κ1) is 13.1. The number of fused-ring (bicyclic) bond motifs is 1. The maximum atomic E-state index is 9.13. The van der Waals surface area contributed by atoms with Crippen molar-refractivity contribution in [1.82, 2.24) is 0 Å². The molecule has 3 aliphatic rings. The smallest absolute Gasteiger partial charge is 0.101 e. The van der Waals surface area contributed by atoms with Crippen LogP contribution in [0.1, 0.15) is 40.0 Å². The third-order valence-electron chi connectivity index (χ3n) is 5.11. The largest absolute Gasteiger partial charge is 0.391 e. The molecule has 0 aliphatic heterocycles. The summed E-state index contributed by atoms with van der Waals surface area (Å²) in [6, 6.07) is 0. The molecule has 0 amide bonds. The molecule has 0 saturated heterocycles. The summed E-state index contributed by atoms with van der Waals surface area (Å²) in [6.07, 6.45) is 6.41. The van der Waals surface area contributed by atoms with Crippen molar-refractivity contribution >= 4 is 0 Å². The minimum atomic E-state index is 0.319. The Bertz CT molecular complexity index is 289. The maximum absolute atomic E-state index is 9.13. The molecule has 1 saturated carbocycles. The fourth-order valence-corrected chi connectivity index (χ4v) is 3.78. The van der Waals surface area contributed by atoms with Gasteiger partial charge in [0, 0.05) is 0 Å². The van der Waals surface area contributed by atoms with Crippen molar-refractivity contribution in [3.05, 3.63) is 11.6 Å². The molecule has 1 unspecified atom stereocenters. The molecule has 2 N–H and O–H groups in total. The van der Waals surface area contributed by atoms with Crippen LogP contribution in [0.15, 0.2) is 11.6 Å². The van der Waals surface area contributed by atoms with Crippen LogP contribution in [0.5, 0.6) is 0 Å². The number of hydrogen-bond acceptors (Lipinski definition) is 1. The summed E-state index contributed by atoms with van der Waals surface area (Å²) in [6.45, 7) is 10.7. The lowest BCUT2D eigenvalue weighted by Crippen LogP contribution is -3.12. The van der Waals surface area contributed by atoms with Crippen molar-refractivity contribution < 1.29 is 10.0 Å². The number of allylic oxidation sites excluding steroid dienone is 1. The van der Waals surface area contributed by atoms with Crippen LogP contribution in [0.3, 0.4) is 0 Å². The summed E-state index contributed by atoms with van der Waals surface area (Å²) >= 11 is 0. The Hall–Kier alpha value is -0.340. The van der Waals surface area contributed by atoms with Crippen molar-refractivity contribution in [2.75, 3.05) is 26.2 Å². The molecule has 0 aromatic carbocycles. The van der Waals surface area contributed by atoms with E-state index < -0.39 is 0 Å². The second kappa shape index (κ2) is 5.11. The first-order valence-electron chi connectivity index (χ1n) is 7.23. The molecule has 0 heterocycles. The zero-order chi connectivity index (χ0) is 12.5. The lowest BCUT2D eigenvalue weighted by Gasteiger charge is -2.56. The van der Waals surface area contributed by atoms with E-state index in [1.54, 1.807) is 10.5 Å². The van der Waals surface area contributed by atoms with Crippen molar-refractivity contribution in [3.8, 4) is 0 Å². The Kier molecular flexibility index (Phi) is 3.94. The van der Waals surface area contributed by atoms with Gasteiger partial charge in [-0.1, -0.05) is 26.8 Å². The average Bonchev–Trinajstić information content (AvgIpc) is 2.29. The second-order valence-electron chi connectivity index (χ2n) is 6.47. The summed E-state index contributed by atoms with van der Waals surface area (Å²) in [4.78, 5) is 1.56. The van der Waals surface area contributed by atoms with Gasteiger partial charge in [-0.25, -0.2) is 0 Å². The Morgan fingerprint density at radius 1 is 1.41 bits per heavy atom. The number of quaternary nitrogens is 1. The number of aliphatic hydroxyl groups is 1. The summed E-state index contributed by atoms with van der Waals surface area (Å²) in [7, 11) is 0. The van der Waals surface area contributed by atoms with Gasteiger partial charge in [-0.15, -0.1) is 0 Å². The Labute approximate surface area is 106 Å². The molecular weight excluding hydrogens is 210 g/mol. The maximum Gasteiger partial charge on any atom is 0.101 e. The fraction of sp³-hybridized carbons (Fsp3) is 0.867. The molecule has 1 fully saturated rings. The van der Waals surface area contributed by atoms with E-state index >= 15 is 0 Å². The second-order valence-corrected chi connectivity index (χ2v) is 6.47. The zero-order valence-electron chi connectivity index (χ0n) is 11.6. The van der Waals surface area contributed by atoms with E-state index in [4.69, 9.17) is 5.11 Å². The van der Waals surface area contributed by atoms with Gasteiger partial charge in [0.1, 0.15) is 6.54 Å². The molecule has 0 radical (unpaired) electrons. The molecule has 2 heteroatoms. The van der Waals surface area contributed by atoms with Crippen molar-refractivity contribution in [3.63, 3.8) is 0 Å². The summed E-state index contributed by atoms with van der Waals surface area (Å²) in [5.74, 6) is 1.76. The van der Waals surface area contributed by atoms with E-state index in [1.807, 2.05) is 0 Å². The molecule has 17 heavy (non-hydrogen) atoms. The highest BCUT2D eigenvalue weighted by atomic mass is 16.3. The van der Waals surface area contributed by atoms with Crippen LogP contribution in [0.4, 0.5) is 0 Å². The zero-order valence-corrected chi connectivity index (χ0v) is 11.6. The minimum absolute atomic E-state index is 0.319. The fourth-order valence-electron chi connectivity index (χ4n) is 3.78. The SMILES string of the molecule is CCC[NH+](CCO)CC1=CC[C@H]2C[C@@H]1C2(C)C. The lowest BCUT2D eigenvalue weighted by molar-refractivity contribution is -0.896. The van der Waals surface area contributed by atoms with Gasteiger partial charge in [0.2, 0.25) is 0 Å². The highest BCUT2D eigenvalue weighted by Crippen LogP contribution is 2.58. The molecule has 3 aliphatic carbocycles. The van der Waals surface area contributed by atoms with Crippen molar-refractivity contribution in [2.45, 2.75) is 40.0 Å². The third kappa shape index (κ3) is 2.43. The van der Waals surface area contributed by atoms with E-state index in [0.29, 0.717) is 12.0 Å². The normalized spacial score (nSPS) is 31.6. The van der Waals surface area contributed by atoms with Crippen LogP contribution < -0.4 is 4.90 Å². The summed E-state index contributed by atoms with van der Waals surface area (Å²) in [5.41, 5.74) is 2.22.